The Morgan fingerprint density at radius 3 is 2.55 bits per heavy atom. The fourth-order valence-electron chi connectivity index (χ4n) is 1.69. The topological polar surface area (TPSA) is 72.8 Å². The van der Waals surface area contributed by atoms with Gasteiger partial charge in [-0.25, -0.2) is 9.59 Å². The Bertz CT molecular complexity index is 507. The third-order valence-corrected chi connectivity index (χ3v) is 2.80. The molecule has 0 radical (unpaired) electrons. The molecular weight excluding hydrogens is 284 g/mol. The summed E-state index contributed by atoms with van der Waals surface area (Å²) in [7, 11) is 0. The number of rotatable bonds is 9. The van der Waals surface area contributed by atoms with Gasteiger partial charge in [-0.2, -0.15) is 0 Å². The number of esters is 2. The quantitative estimate of drug-likeness (QED) is 0.559. The second-order valence-electron chi connectivity index (χ2n) is 4.48. The lowest BCUT2D eigenvalue weighted by Gasteiger charge is -2.15. The fourth-order valence-corrected chi connectivity index (χ4v) is 1.69. The lowest BCUT2D eigenvalue weighted by Crippen LogP contribution is -2.21. The van der Waals surface area contributed by atoms with E-state index in [0.29, 0.717) is 6.42 Å². The maximum atomic E-state index is 11.7. The Morgan fingerprint density at radius 1 is 1.18 bits per heavy atom. The number of hydrogen-bond donors (Lipinski definition) is 1. The zero-order chi connectivity index (χ0) is 16.2. The van der Waals surface area contributed by atoms with Crippen LogP contribution in [-0.4, -0.2) is 36.4 Å². The van der Waals surface area contributed by atoms with Crippen molar-refractivity contribution >= 4 is 18.0 Å². The number of aliphatic hydroxyl groups excluding tert-OH is 1. The van der Waals surface area contributed by atoms with Crippen LogP contribution in [0.1, 0.15) is 18.4 Å². The Kier molecular flexibility index (Phi) is 8.30. The smallest absolute Gasteiger partial charge is 0.331 e. The summed E-state index contributed by atoms with van der Waals surface area (Å²) < 4.78 is 10.1. The number of ether oxygens (including phenoxy) is 2. The summed E-state index contributed by atoms with van der Waals surface area (Å²) in [6.07, 6.45) is 4.15. The minimum Gasteiger partial charge on any atom is -0.462 e. The van der Waals surface area contributed by atoms with Gasteiger partial charge >= 0.3 is 11.9 Å². The molecule has 1 aromatic rings. The van der Waals surface area contributed by atoms with E-state index in [2.05, 4.69) is 6.58 Å². The van der Waals surface area contributed by atoms with Crippen LogP contribution in [0.4, 0.5) is 0 Å². The molecular formula is C17H20O5. The molecule has 0 bridgehead atoms. The molecule has 0 saturated carbocycles. The van der Waals surface area contributed by atoms with E-state index >= 15 is 0 Å². The minimum atomic E-state index is -0.530. The average molecular weight is 304 g/mol. The fraction of sp³-hybridized carbons (Fsp3) is 0.294. The van der Waals surface area contributed by atoms with Gasteiger partial charge in [-0.05, 0) is 11.6 Å². The van der Waals surface area contributed by atoms with Gasteiger partial charge in [0.2, 0.25) is 0 Å². The molecule has 22 heavy (non-hydrogen) atoms. The molecule has 0 aliphatic heterocycles. The van der Waals surface area contributed by atoms with E-state index in [1.165, 1.54) is 6.08 Å². The average Bonchev–Trinajstić information content (AvgIpc) is 2.54. The first-order chi connectivity index (χ1) is 10.7. The summed E-state index contributed by atoms with van der Waals surface area (Å²) in [5.74, 6) is -1.03. The first-order valence-electron chi connectivity index (χ1n) is 6.99. The molecule has 0 aliphatic rings. The van der Waals surface area contributed by atoms with E-state index in [-0.39, 0.29) is 19.6 Å². The highest BCUT2D eigenvalue weighted by atomic mass is 16.6. The highest BCUT2D eigenvalue weighted by Crippen LogP contribution is 2.07. The highest BCUT2D eigenvalue weighted by Gasteiger charge is 2.13. The van der Waals surface area contributed by atoms with Crippen molar-refractivity contribution in [1.82, 2.24) is 0 Å². The Morgan fingerprint density at radius 2 is 1.91 bits per heavy atom. The molecule has 0 saturated heterocycles. The predicted molar refractivity (Wildman–Crippen MR) is 82.8 cm³/mol. The van der Waals surface area contributed by atoms with Gasteiger partial charge in [-0.1, -0.05) is 36.9 Å². The first-order valence-corrected chi connectivity index (χ1v) is 6.99. The molecule has 1 aromatic carbocycles. The third-order valence-electron chi connectivity index (χ3n) is 2.80. The van der Waals surface area contributed by atoms with Crippen LogP contribution in [0.2, 0.25) is 0 Å². The van der Waals surface area contributed by atoms with Gasteiger partial charge in [-0.3, -0.25) is 0 Å². The number of carbonyl (C=O) groups excluding carboxylic acids is 2. The van der Waals surface area contributed by atoms with Gasteiger partial charge in [0, 0.05) is 31.6 Å². The third kappa shape index (κ3) is 7.40. The zero-order valence-corrected chi connectivity index (χ0v) is 12.3. The summed E-state index contributed by atoms with van der Waals surface area (Å²) in [5.41, 5.74) is 0.887. The maximum absolute atomic E-state index is 11.7. The van der Waals surface area contributed by atoms with Crippen LogP contribution in [0.5, 0.6) is 0 Å². The van der Waals surface area contributed by atoms with Crippen molar-refractivity contribution in [1.29, 1.82) is 0 Å². The van der Waals surface area contributed by atoms with E-state index in [1.54, 1.807) is 6.08 Å². The first kappa shape index (κ1) is 17.7. The van der Waals surface area contributed by atoms with Crippen LogP contribution in [0.25, 0.3) is 6.08 Å². The van der Waals surface area contributed by atoms with Gasteiger partial charge in [0.25, 0.3) is 0 Å². The molecule has 118 valence electrons. The van der Waals surface area contributed by atoms with Crippen molar-refractivity contribution < 1.29 is 24.2 Å². The number of benzene rings is 1. The van der Waals surface area contributed by atoms with E-state index in [4.69, 9.17) is 14.6 Å². The highest BCUT2D eigenvalue weighted by molar-refractivity contribution is 5.87. The number of hydrogen-bond acceptors (Lipinski definition) is 5. The monoisotopic (exact) mass is 304 g/mol. The van der Waals surface area contributed by atoms with Crippen molar-refractivity contribution in [3.63, 3.8) is 0 Å². The van der Waals surface area contributed by atoms with Gasteiger partial charge in [-0.15, -0.1) is 0 Å². The van der Waals surface area contributed by atoms with Crippen LogP contribution >= 0.6 is 0 Å². The standard InChI is InChI=1S/C17H20O5/c1-2-16(19)21-13-11-15(10-12-18)22-17(20)9-8-14-6-4-3-5-7-14/h2-9,15,18H,1,10-13H2. The number of aliphatic hydroxyl groups is 1. The van der Waals surface area contributed by atoms with Crippen LogP contribution in [0, 0.1) is 0 Å². The molecule has 1 rings (SSSR count). The van der Waals surface area contributed by atoms with Gasteiger partial charge < -0.3 is 14.6 Å². The molecule has 0 spiro atoms. The van der Waals surface area contributed by atoms with Crippen LogP contribution in [0.3, 0.4) is 0 Å². The summed E-state index contributed by atoms with van der Waals surface area (Å²) >= 11 is 0. The molecule has 5 nitrogen and oxygen atoms in total. The second kappa shape index (κ2) is 10.3. The van der Waals surface area contributed by atoms with Gasteiger partial charge in [0.15, 0.2) is 0 Å². The van der Waals surface area contributed by atoms with Crippen molar-refractivity contribution in [2.45, 2.75) is 18.9 Å². The van der Waals surface area contributed by atoms with E-state index in [1.807, 2.05) is 30.3 Å². The zero-order valence-electron chi connectivity index (χ0n) is 12.3. The molecule has 0 heterocycles. The summed E-state index contributed by atoms with van der Waals surface area (Å²) in [4.78, 5) is 22.7. The second-order valence-corrected chi connectivity index (χ2v) is 4.48. The van der Waals surface area contributed by atoms with Crippen molar-refractivity contribution in [3.05, 3.63) is 54.6 Å². The van der Waals surface area contributed by atoms with E-state index in [0.717, 1.165) is 11.6 Å². The normalized spacial score (nSPS) is 11.9. The molecule has 0 aromatic heterocycles. The Balaban J connectivity index is 2.44. The Labute approximate surface area is 129 Å². The van der Waals surface area contributed by atoms with Crippen LogP contribution in [0.15, 0.2) is 49.1 Å². The van der Waals surface area contributed by atoms with Gasteiger partial charge in [0.1, 0.15) is 6.10 Å². The maximum Gasteiger partial charge on any atom is 0.331 e. The summed E-state index contributed by atoms with van der Waals surface area (Å²) in [6.45, 7) is 3.27. The number of carbonyl (C=O) groups is 2. The van der Waals surface area contributed by atoms with Crippen molar-refractivity contribution in [2.75, 3.05) is 13.2 Å². The minimum absolute atomic E-state index is 0.102. The van der Waals surface area contributed by atoms with Crippen LogP contribution < -0.4 is 0 Å². The van der Waals surface area contributed by atoms with Crippen molar-refractivity contribution in [3.8, 4) is 0 Å². The largest absolute Gasteiger partial charge is 0.462 e. The lowest BCUT2D eigenvalue weighted by atomic mass is 10.2. The molecule has 0 fully saturated rings. The molecule has 1 atom stereocenters. The van der Waals surface area contributed by atoms with Crippen molar-refractivity contribution in [2.24, 2.45) is 0 Å². The van der Waals surface area contributed by atoms with E-state index < -0.39 is 18.0 Å². The lowest BCUT2D eigenvalue weighted by molar-refractivity contribution is -0.145. The Hall–Kier alpha value is -2.40. The van der Waals surface area contributed by atoms with Gasteiger partial charge in [0.05, 0.1) is 6.61 Å². The van der Waals surface area contributed by atoms with Crippen LogP contribution in [-0.2, 0) is 19.1 Å². The van der Waals surface area contributed by atoms with E-state index in [9.17, 15) is 9.59 Å². The summed E-state index contributed by atoms with van der Waals surface area (Å²) in [6, 6.07) is 9.35. The molecule has 0 aliphatic carbocycles. The SMILES string of the molecule is C=CC(=O)OCCC(CCO)OC(=O)C=Cc1ccccc1. The molecule has 0 amide bonds. The predicted octanol–water partition coefficient (Wildman–Crippen LogP) is 2.11. The molecule has 5 heteroatoms. The molecule has 1 N–H and O–H groups in total. The summed E-state index contributed by atoms with van der Waals surface area (Å²) in [5, 5.41) is 8.98. The molecule has 1 unspecified atom stereocenters.